The normalized spacial score (nSPS) is 14.2. The molecule has 0 amide bonds. The zero-order valence-corrected chi connectivity index (χ0v) is 16.7. The molecule has 0 saturated carbocycles. The van der Waals surface area contributed by atoms with Crippen molar-refractivity contribution in [3.63, 3.8) is 0 Å². The van der Waals surface area contributed by atoms with Crippen LogP contribution in [0.1, 0.15) is 0 Å². The lowest BCUT2D eigenvalue weighted by Crippen LogP contribution is -2.36. The number of rotatable bonds is 1. The van der Waals surface area contributed by atoms with E-state index < -0.39 is 0 Å². The molecule has 0 aromatic heterocycles. The minimum Gasteiger partial charge on any atom is -0.378 e. The molecule has 3 rings (SSSR count). The largest absolute Gasteiger partial charge is 0.378 e. The maximum atomic E-state index is 12.3. The topological polar surface area (TPSA) is 12.5 Å². The summed E-state index contributed by atoms with van der Waals surface area (Å²) in [5, 5.41) is 1.17. The first-order valence-electron chi connectivity index (χ1n) is 6.84. The predicted molar refractivity (Wildman–Crippen MR) is 101 cm³/mol. The van der Waals surface area contributed by atoms with Crippen molar-refractivity contribution in [2.75, 3.05) is 31.2 Å². The molecule has 23 heavy (non-hydrogen) atoms. The molecule has 1 aliphatic rings. The second-order valence-electron chi connectivity index (χ2n) is 4.81. The van der Waals surface area contributed by atoms with Crippen LogP contribution in [0, 0.1) is 5.82 Å². The Hall–Kier alpha value is -0.330. The SMILES string of the molecule is Clc1cc(Br)cc(N2CCOCC2)c1.Fc1cc(Cl)cc(Br)c1. The molecule has 0 aliphatic carbocycles. The second kappa shape index (κ2) is 9.23. The van der Waals surface area contributed by atoms with Gasteiger partial charge in [0.1, 0.15) is 5.82 Å². The summed E-state index contributed by atoms with van der Waals surface area (Å²) in [4.78, 5) is 2.28. The van der Waals surface area contributed by atoms with E-state index in [2.05, 4.69) is 42.8 Å². The van der Waals surface area contributed by atoms with Crippen LogP contribution >= 0.6 is 55.1 Å². The van der Waals surface area contributed by atoms with E-state index in [1.807, 2.05) is 12.1 Å². The smallest absolute Gasteiger partial charge is 0.125 e. The van der Waals surface area contributed by atoms with Gasteiger partial charge in [-0.15, -0.1) is 0 Å². The average Bonchev–Trinajstić information content (AvgIpc) is 2.46. The maximum Gasteiger partial charge on any atom is 0.125 e. The predicted octanol–water partition coefficient (Wildman–Crippen LogP) is 6.18. The maximum absolute atomic E-state index is 12.3. The molecule has 2 aromatic carbocycles. The van der Waals surface area contributed by atoms with Crippen LogP contribution in [-0.2, 0) is 4.74 Å². The Kier molecular flexibility index (Phi) is 7.63. The number of hydrogen-bond donors (Lipinski definition) is 0. The Morgan fingerprint density at radius 1 is 0.870 bits per heavy atom. The summed E-state index contributed by atoms with van der Waals surface area (Å²) in [7, 11) is 0. The number of morpholine rings is 1. The molecule has 1 fully saturated rings. The third-order valence-electron chi connectivity index (χ3n) is 3.05. The van der Waals surface area contributed by atoms with Crippen molar-refractivity contribution in [2.45, 2.75) is 0 Å². The van der Waals surface area contributed by atoms with Crippen molar-refractivity contribution >= 4 is 60.7 Å². The van der Waals surface area contributed by atoms with E-state index in [0.29, 0.717) is 9.50 Å². The molecule has 7 heteroatoms. The van der Waals surface area contributed by atoms with Crippen LogP contribution in [0.3, 0.4) is 0 Å². The van der Waals surface area contributed by atoms with Gasteiger partial charge >= 0.3 is 0 Å². The first kappa shape index (κ1) is 19.0. The fourth-order valence-electron chi connectivity index (χ4n) is 2.06. The Labute approximate surface area is 161 Å². The average molecular weight is 486 g/mol. The highest BCUT2D eigenvalue weighted by Crippen LogP contribution is 2.26. The Balaban J connectivity index is 0.000000185. The molecule has 0 atom stereocenters. The van der Waals surface area contributed by atoms with E-state index in [1.165, 1.54) is 12.1 Å². The number of anilines is 1. The van der Waals surface area contributed by atoms with Gasteiger partial charge in [0.15, 0.2) is 0 Å². The molecule has 0 unspecified atom stereocenters. The van der Waals surface area contributed by atoms with E-state index in [-0.39, 0.29) is 5.82 Å². The fourth-order valence-corrected chi connectivity index (χ4v) is 3.72. The van der Waals surface area contributed by atoms with Crippen LogP contribution in [0.4, 0.5) is 10.1 Å². The molecular weight excluding hydrogens is 472 g/mol. The number of ether oxygens (including phenoxy) is 1. The second-order valence-corrected chi connectivity index (χ2v) is 7.52. The van der Waals surface area contributed by atoms with Crippen LogP contribution in [-0.4, -0.2) is 26.3 Å². The van der Waals surface area contributed by atoms with Gasteiger partial charge in [0.2, 0.25) is 0 Å². The number of benzene rings is 2. The summed E-state index contributed by atoms with van der Waals surface area (Å²) >= 11 is 18.0. The Morgan fingerprint density at radius 2 is 1.43 bits per heavy atom. The molecular formula is C16H14Br2Cl2FNO. The van der Waals surface area contributed by atoms with Crippen molar-refractivity contribution in [3.05, 3.63) is 61.2 Å². The molecule has 124 valence electrons. The lowest BCUT2D eigenvalue weighted by molar-refractivity contribution is 0.122. The van der Waals surface area contributed by atoms with E-state index in [1.54, 1.807) is 6.07 Å². The molecule has 0 radical (unpaired) electrons. The molecule has 0 N–H and O–H groups in total. The quantitative estimate of drug-likeness (QED) is 0.478. The highest BCUT2D eigenvalue weighted by molar-refractivity contribution is 9.10. The third kappa shape index (κ3) is 6.59. The minimum absolute atomic E-state index is 0.325. The van der Waals surface area contributed by atoms with E-state index in [4.69, 9.17) is 27.9 Å². The van der Waals surface area contributed by atoms with Gasteiger partial charge in [-0.3, -0.25) is 0 Å². The highest BCUT2D eigenvalue weighted by atomic mass is 79.9. The monoisotopic (exact) mass is 483 g/mol. The summed E-state index contributed by atoms with van der Waals surface area (Å²) < 4.78 is 19.3. The van der Waals surface area contributed by atoms with E-state index >= 15 is 0 Å². The van der Waals surface area contributed by atoms with Crippen LogP contribution in [0.15, 0.2) is 45.3 Å². The van der Waals surface area contributed by atoms with Gasteiger partial charge in [0, 0.05) is 37.8 Å². The highest BCUT2D eigenvalue weighted by Gasteiger charge is 2.11. The van der Waals surface area contributed by atoms with Crippen molar-refractivity contribution < 1.29 is 9.13 Å². The van der Waals surface area contributed by atoms with Gasteiger partial charge in [-0.2, -0.15) is 0 Å². The summed E-state index contributed by atoms with van der Waals surface area (Å²) in [5.74, 6) is -0.325. The summed E-state index contributed by atoms with van der Waals surface area (Å²) in [6.45, 7) is 3.47. The molecule has 1 heterocycles. The van der Waals surface area contributed by atoms with Crippen LogP contribution in [0.5, 0.6) is 0 Å². The van der Waals surface area contributed by atoms with Crippen LogP contribution < -0.4 is 4.90 Å². The Morgan fingerprint density at radius 3 is 1.96 bits per heavy atom. The summed E-state index contributed by atoms with van der Waals surface area (Å²) in [5.41, 5.74) is 1.16. The Bertz CT molecular complexity index is 596. The third-order valence-corrected chi connectivity index (χ3v) is 4.40. The fraction of sp³-hybridized carbons (Fsp3) is 0.250. The molecule has 0 spiro atoms. The first-order chi connectivity index (χ1) is 10.9. The lowest BCUT2D eigenvalue weighted by atomic mass is 10.2. The zero-order valence-electron chi connectivity index (χ0n) is 12.0. The van der Waals surface area contributed by atoms with E-state index in [9.17, 15) is 4.39 Å². The first-order valence-corrected chi connectivity index (χ1v) is 9.18. The van der Waals surface area contributed by atoms with Crippen molar-refractivity contribution in [1.82, 2.24) is 0 Å². The zero-order chi connectivity index (χ0) is 16.8. The van der Waals surface area contributed by atoms with E-state index in [0.717, 1.165) is 41.5 Å². The number of nitrogens with zero attached hydrogens (tertiary/aromatic N) is 1. The van der Waals surface area contributed by atoms with Crippen molar-refractivity contribution in [2.24, 2.45) is 0 Å². The van der Waals surface area contributed by atoms with Gasteiger partial charge in [-0.1, -0.05) is 55.1 Å². The van der Waals surface area contributed by atoms with Crippen molar-refractivity contribution in [3.8, 4) is 0 Å². The number of halogens is 5. The van der Waals surface area contributed by atoms with Gasteiger partial charge in [-0.05, 0) is 36.4 Å². The summed E-state index contributed by atoms with van der Waals surface area (Å²) in [6.07, 6.45) is 0. The standard InChI is InChI=1S/C10H11BrClNO.C6H3BrClF/c11-8-5-9(12)7-10(6-8)13-1-3-14-4-2-13;7-4-1-5(8)3-6(9)2-4/h5-7H,1-4H2;1-3H. The minimum atomic E-state index is -0.325. The van der Waals surface area contributed by atoms with Gasteiger partial charge in [0.05, 0.1) is 13.2 Å². The van der Waals surface area contributed by atoms with Crippen LogP contribution in [0.2, 0.25) is 10.0 Å². The van der Waals surface area contributed by atoms with Gasteiger partial charge in [0.25, 0.3) is 0 Å². The van der Waals surface area contributed by atoms with Gasteiger partial charge < -0.3 is 9.64 Å². The van der Waals surface area contributed by atoms with Gasteiger partial charge in [-0.25, -0.2) is 4.39 Å². The molecule has 2 nitrogen and oxygen atoms in total. The molecule has 1 aliphatic heterocycles. The lowest BCUT2D eigenvalue weighted by Gasteiger charge is -2.29. The molecule has 0 bridgehead atoms. The van der Waals surface area contributed by atoms with Crippen molar-refractivity contribution in [1.29, 1.82) is 0 Å². The number of hydrogen-bond acceptors (Lipinski definition) is 2. The summed E-state index contributed by atoms with van der Waals surface area (Å²) in [6, 6.07) is 10.2. The molecule has 1 saturated heterocycles. The molecule has 2 aromatic rings. The van der Waals surface area contributed by atoms with Crippen LogP contribution in [0.25, 0.3) is 0 Å².